The number of hydrogen-bond donors (Lipinski definition) is 0. The van der Waals surface area contributed by atoms with E-state index in [2.05, 4.69) is 72.2 Å². The molecule has 2 aromatic rings. The summed E-state index contributed by atoms with van der Waals surface area (Å²) in [6.07, 6.45) is 13.1. The third-order valence-corrected chi connectivity index (χ3v) is 8.64. The van der Waals surface area contributed by atoms with Gasteiger partial charge in [0.1, 0.15) is 6.17 Å². The molecule has 2 nitrogen and oxygen atoms in total. The van der Waals surface area contributed by atoms with E-state index < -0.39 is 5.89 Å². The van der Waals surface area contributed by atoms with E-state index in [1.54, 1.807) is 0 Å². The summed E-state index contributed by atoms with van der Waals surface area (Å²) < 4.78 is 10.2. The van der Waals surface area contributed by atoms with Gasteiger partial charge < -0.3 is 9.80 Å². The summed E-state index contributed by atoms with van der Waals surface area (Å²) in [5.41, 5.74) is 7.83. The van der Waals surface area contributed by atoms with E-state index in [0.29, 0.717) is 18.0 Å². The van der Waals surface area contributed by atoms with E-state index in [9.17, 15) is 1.37 Å². The van der Waals surface area contributed by atoms with Gasteiger partial charge in [0.05, 0.1) is 0 Å². The molecule has 0 saturated heterocycles. The summed E-state index contributed by atoms with van der Waals surface area (Å²) in [6.45, 7) is 4.56. The van der Waals surface area contributed by atoms with Gasteiger partial charge in [-0.2, -0.15) is 0 Å². The first-order valence-electron chi connectivity index (χ1n) is 13.6. The molecule has 2 aliphatic carbocycles. The minimum Gasteiger partial charge on any atom is -0.322 e. The van der Waals surface area contributed by atoms with Crippen LogP contribution in [0.25, 0.3) is 0 Å². The van der Waals surface area contributed by atoms with Gasteiger partial charge in [0.2, 0.25) is 0 Å². The van der Waals surface area contributed by atoms with Gasteiger partial charge in [-0.05, 0) is 74.6 Å². The van der Waals surface area contributed by atoms with Crippen LogP contribution in [0.15, 0.2) is 59.9 Å². The van der Waals surface area contributed by atoms with Gasteiger partial charge in [-0.25, -0.2) is 0 Å². The fourth-order valence-corrected chi connectivity index (χ4v) is 7.18. The number of allylic oxidation sites excluding steroid dienone is 2. The van der Waals surface area contributed by atoms with E-state index in [-0.39, 0.29) is 0 Å². The maximum atomic E-state index is 10.2. The van der Waals surface area contributed by atoms with E-state index in [1.165, 1.54) is 98.1 Å². The topological polar surface area (TPSA) is 6.48 Å². The molecular weight excluding hydrogens is 388 g/mol. The Morgan fingerprint density at radius 3 is 1.97 bits per heavy atom. The molecule has 2 atom stereocenters. The van der Waals surface area contributed by atoms with Gasteiger partial charge >= 0.3 is 0 Å². The second-order valence-corrected chi connectivity index (χ2v) is 10.5. The number of anilines is 2. The number of fused-ring (bicyclic) bond motifs is 3. The van der Waals surface area contributed by atoms with Crippen LogP contribution in [0, 0.1) is 18.8 Å². The highest BCUT2D eigenvalue weighted by atomic mass is 15.4. The lowest BCUT2D eigenvalue weighted by Crippen LogP contribution is -2.46. The largest absolute Gasteiger partial charge is 0.322 e. The smallest absolute Gasteiger partial charge is 0.113 e. The van der Waals surface area contributed by atoms with Crippen molar-refractivity contribution in [3.63, 3.8) is 0 Å². The molecule has 32 heavy (non-hydrogen) atoms. The highest BCUT2D eigenvalue weighted by Gasteiger charge is 2.51. The maximum Gasteiger partial charge on any atom is 0.113 e. The van der Waals surface area contributed by atoms with Crippen molar-refractivity contribution in [2.75, 3.05) is 9.80 Å². The van der Waals surface area contributed by atoms with Crippen molar-refractivity contribution in [2.45, 2.75) is 90.1 Å². The molecule has 2 unspecified atom stereocenters. The lowest BCUT2D eigenvalue weighted by atomic mass is 9.76. The molecule has 0 bridgehead atoms. The van der Waals surface area contributed by atoms with Crippen LogP contribution in [0.3, 0.4) is 0 Å². The van der Waals surface area contributed by atoms with Crippen LogP contribution in [0.5, 0.6) is 0 Å². The zero-order valence-electron chi connectivity index (χ0n) is 20.8. The van der Waals surface area contributed by atoms with Crippen LogP contribution in [-0.2, 0) is 0 Å². The predicted octanol–water partition coefficient (Wildman–Crippen LogP) is 8.14. The Kier molecular flexibility index (Phi) is 4.99. The van der Waals surface area contributed by atoms with Crippen LogP contribution >= 0.6 is 0 Å². The van der Waals surface area contributed by atoms with Crippen molar-refractivity contribution in [1.29, 1.82) is 0 Å². The first-order chi connectivity index (χ1) is 16.1. The molecule has 2 aliphatic heterocycles. The van der Waals surface area contributed by atoms with E-state index in [4.69, 9.17) is 0 Å². The number of aryl methyl sites for hydroxylation is 1. The van der Waals surface area contributed by atoms with Gasteiger partial charge in [0, 0.05) is 30.0 Å². The monoisotopic (exact) mass is 427 g/mol. The van der Waals surface area contributed by atoms with Crippen molar-refractivity contribution in [3.8, 4) is 0 Å². The second-order valence-electron chi connectivity index (χ2n) is 10.5. The van der Waals surface area contributed by atoms with E-state index in [1.807, 2.05) is 0 Å². The Morgan fingerprint density at radius 2 is 1.28 bits per heavy atom. The summed E-state index contributed by atoms with van der Waals surface area (Å²) in [5.74, 6) is 0.407. The summed E-state index contributed by atoms with van der Waals surface area (Å²) in [7, 11) is 0. The predicted molar refractivity (Wildman–Crippen MR) is 135 cm³/mol. The number of para-hydroxylation sites is 2. The van der Waals surface area contributed by atoms with Crippen LogP contribution in [0.4, 0.5) is 11.4 Å². The lowest BCUT2D eigenvalue weighted by Gasteiger charge is -2.41. The van der Waals surface area contributed by atoms with Crippen molar-refractivity contribution < 1.29 is 1.37 Å². The molecule has 0 spiro atoms. The summed E-state index contributed by atoms with van der Waals surface area (Å²) >= 11 is 0. The molecule has 2 saturated carbocycles. The van der Waals surface area contributed by atoms with Crippen LogP contribution in [0.1, 0.15) is 89.5 Å². The fraction of sp³-hybridized carbons (Fsp3) is 0.533. The number of nitrogens with zero attached hydrogens (tertiary/aromatic N) is 2. The Balaban J connectivity index is 1.56. The number of rotatable bonds is 3. The molecule has 4 aliphatic rings. The molecule has 0 radical (unpaired) electrons. The molecule has 2 aromatic carbocycles. The van der Waals surface area contributed by atoms with Crippen LogP contribution in [-0.4, -0.2) is 6.17 Å². The molecule has 6 rings (SSSR count). The Bertz CT molecular complexity index is 1060. The molecule has 0 N–H and O–H groups in total. The first kappa shape index (κ1) is 19.3. The van der Waals surface area contributed by atoms with Gasteiger partial charge in [-0.15, -0.1) is 0 Å². The molecule has 2 heteroatoms. The van der Waals surface area contributed by atoms with Gasteiger partial charge in [0.25, 0.3) is 0 Å². The summed E-state index contributed by atoms with van der Waals surface area (Å²) in [6, 6.07) is 17.8. The molecule has 168 valence electrons. The van der Waals surface area contributed by atoms with Crippen LogP contribution in [0.2, 0.25) is 0 Å². The number of hydrogen-bond acceptors (Lipinski definition) is 2. The van der Waals surface area contributed by atoms with Gasteiger partial charge in [-0.3, -0.25) is 0 Å². The van der Waals surface area contributed by atoms with Gasteiger partial charge in [-0.1, -0.05) is 74.9 Å². The summed E-state index contributed by atoms with van der Waals surface area (Å²) in [4.78, 5) is 5.29. The highest BCUT2D eigenvalue weighted by molar-refractivity contribution is 5.77. The maximum absolute atomic E-state index is 10.2. The number of benzene rings is 2. The minimum absolute atomic E-state index is 0.290. The first-order valence-corrected chi connectivity index (χ1v) is 13.1. The highest BCUT2D eigenvalue weighted by Crippen LogP contribution is 2.58. The van der Waals surface area contributed by atoms with Crippen molar-refractivity contribution in [3.05, 3.63) is 71.1 Å². The zero-order valence-corrected chi connectivity index (χ0v) is 19.8. The second kappa shape index (κ2) is 8.28. The summed E-state index contributed by atoms with van der Waals surface area (Å²) in [5, 5.41) is 0. The standard InChI is InChI=1S/C30H38N2/c1-21-13-9-11-19-26(21)31-22(2)29-28(23-14-5-3-6-15-23)25-18-10-12-20-27(25)32(29)30(31)24-16-7-4-8-17-24/h9-13,18-20,23-24,28,30H,3-8,14-17H2,1-2H3/i28D. The van der Waals surface area contributed by atoms with Crippen molar-refractivity contribution >= 4 is 11.4 Å². The van der Waals surface area contributed by atoms with E-state index >= 15 is 0 Å². The zero-order chi connectivity index (χ0) is 22.6. The average molecular weight is 428 g/mol. The molecule has 0 amide bonds. The Labute approximate surface area is 195 Å². The quantitative estimate of drug-likeness (QED) is 0.488. The SMILES string of the molecule is [2H]C1(C2CCCCC2)C2=C(C)N(c3ccccc3C)C(C3CCCCC3)N2c2ccccc21. The Morgan fingerprint density at radius 1 is 0.688 bits per heavy atom. The van der Waals surface area contributed by atoms with E-state index in [0.717, 1.165) is 0 Å². The fourth-order valence-electron chi connectivity index (χ4n) is 7.18. The lowest BCUT2D eigenvalue weighted by molar-refractivity contribution is 0.302. The molecule has 0 aromatic heterocycles. The molecule has 2 heterocycles. The van der Waals surface area contributed by atoms with Gasteiger partial charge in [0.15, 0.2) is 0 Å². The normalized spacial score (nSPS) is 29.3. The third kappa shape index (κ3) is 3.13. The average Bonchev–Trinajstić information content (AvgIpc) is 3.32. The van der Waals surface area contributed by atoms with Crippen molar-refractivity contribution in [2.24, 2.45) is 11.8 Å². The third-order valence-electron chi connectivity index (χ3n) is 8.64. The molecular formula is C30H38N2. The molecule has 2 fully saturated rings. The van der Waals surface area contributed by atoms with Crippen molar-refractivity contribution in [1.82, 2.24) is 0 Å². The van der Waals surface area contributed by atoms with Crippen LogP contribution < -0.4 is 9.80 Å². The minimum atomic E-state index is -0.633. The Hall–Kier alpha value is -2.22.